The second-order valence-electron chi connectivity index (χ2n) is 6.38. The van der Waals surface area contributed by atoms with Gasteiger partial charge in [0.1, 0.15) is 11.9 Å². The van der Waals surface area contributed by atoms with Crippen LogP contribution in [-0.2, 0) is 9.53 Å². The lowest BCUT2D eigenvalue weighted by molar-refractivity contribution is -0.173. The van der Waals surface area contributed by atoms with Crippen molar-refractivity contribution in [3.63, 3.8) is 0 Å². The zero-order valence-corrected chi connectivity index (χ0v) is 15.3. The molecule has 1 aliphatic rings. The molecule has 5 N–H and O–H groups in total. The van der Waals surface area contributed by atoms with Crippen LogP contribution in [0.3, 0.4) is 0 Å². The number of nitrogens with zero attached hydrogens (tertiary/aromatic N) is 2. The van der Waals surface area contributed by atoms with E-state index in [1.54, 1.807) is 5.32 Å². The van der Waals surface area contributed by atoms with E-state index in [9.17, 15) is 27.9 Å². The molecule has 1 aromatic rings. The van der Waals surface area contributed by atoms with Gasteiger partial charge in [0.25, 0.3) is 0 Å². The maximum absolute atomic E-state index is 12.0. The molecule has 1 aromatic heterocycles. The molecule has 1 amide bonds. The summed E-state index contributed by atoms with van der Waals surface area (Å²) in [5.74, 6) is 3.39. The number of hydrogen-bond acceptors (Lipinski definition) is 7. The van der Waals surface area contributed by atoms with Crippen molar-refractivity contribution in [2.75, 3.05) is 18.9 Å². The lowest BCUT2D eigenvalue weighted by Gasteiger charge is -2.17. The van der Waals surface area contributed by atoms with Crippen LogP contribution in [0.4, 0.5) is 19.0 Å². The molecule has 0 spiro atoms. The van der Waals surface area contributed by atoms with Crippen molar-refractivity contribution in [3.05, 3.63) is 22.2 Å². The topological polar surface area (TPSA) is 140 Å². The van der Waals surface area contributed by atoms with E-state index in [-0.39, 0.29) is 31.0 Å². The van der Waals surface area contributed by atoms with E-state index in [2.05, 4.69) is 16.8 Å². The van der Waals surface area contributed by atoms with Crippen molar-refractivity contribution >= 4 is 11.7 Å². The molecule has 0 aromatic carbocycles. The molecule has 0 unspecified atom stereocenters. The molecule has 160 valence electrons. The van der Waals surface area contributed by atoms with Crippen molar-refractivity contribution in [1.29, 1.82) is 0 Å². The number of nitrogen functional groups attached to an aromatic ring is 1. The summed E-state index contributed by atoms with van der Waals surface area (Å²) < 4.78 is 42.6. The van der Waals surface area contributed by atoms with E-state index < -0.39 is 36.2 Å². The van der Waals surface area contributed by atoms with Crippen molar-refractivity contribution in [1.82, 2.24) is 14.9 Å². The van der Waals surface area contributed by atoms with Gasteiger partial charge in [0.05, 0.1) is 18.3 Å². The number of anilines is 1. The van der Waals surface area contributed by atoms with Crippen LogP contribution in [0.25, 0.3) is 0 Å². The lowest BCUT2D eigenvalue weighted by Crippen LogP contribution is -2.37. The molecule has 1 fully saturated rings. The third-order valence-electron chi connectivity index (χ3n) is 4.12. The predicted octanol–water partition coefficient (Wildman–Crippen LogP) is -0.333. The molecule has 12 heteroatoms. The zero-order chi connectivity index (χ0) is 21.6. The van der Waals surface area contributed by atoms with Gasteiger partial charge >= 0.3 is 17.8 Å². The van der Waals surface area contributed by atoms with Crippen LogP contribution >= 0.6 is 0 Å². The fraction of sp³-hybridized carbons (Fsp3) is 0.588. The van der Waals surface area contributed by atoms with Gasteiger partial charge in [0.15, 0.2) is 6.23 Å². The third-order valence-corrected chi connectivity index (χ3v) is 4.12. The largest absolute Gasteiger partial charge is 0.471 e. The van der Waals surface area contributed by atoms with Gasteiger partial charge in [0, 0.05) is 25.6 Å². The second-order valence-corrected chi connectivity index (χ2v) is 6.38. The first-order valence-electron chi connectivity index (χ1n) is 8.80. The second kappa shape index (κ2) is 9.73. The van der Waals surface area contributed by atoms with E-state index in [4.69, 9.17) is 15.6 Å². The van der Waals surface area contributed by atoms with Crippen LogP contribution in [0, 0.1) is 11.8 Å². The van der Waals surface area contributed by atoms with Gasteiger partial charge in [-0.1, -0.05) is 11.8 Å². The highest BCUT2D eigenvalue weighted by Crippen LogP contribution is 2.27. The maximum atomic E-state index is 12.0. The molecule has 1 saturated heterocycles. The van der Waals surface area contributed by atoms with E-state index in [1.807, 2.05) is 0 Å². The summed E-state index contributed by atoms with van der Waals surface area (Å²) in [4.78, 5) is 26.4. The third kappa shape index (κ3) is 6.18. The summed E-state index contributed by atoms with van der Waals surface area (Å²) in [5, 5.41) is 20.9. The van der Waals surface area contributed by atoms with Crippen LogP contribution in [0.2, 0.25) is 0 Å². The summed E-state index contributed by atoms with van der Waals surface area (Å²) in [6, 6.07) is 0. The van der Waals surface area contributed by atoms with Gasteiger partial charge in [0.2, 0.25) is 0 Å². The normalized spacial score (nSPS) is 21.5. The van der Waals surface area contributed by atoms with Crippen LogP contribution in [-0.4, -0.2) is 57.2 Å². The summed E-state index contributed by atoms with van der Waals surface area (Å²) in [6.45, 7) is -0.432. The zero-order valence-electron chi connectivity index (χ0n) is 15.3. The summed E-state index contributed by atoms with van der Waals surface area (Å²) in [6.07, 6.45) is -5.04. The molecule has 0 saturated carbocycles. The number of alkyl halides is 3. The number of unbranched alkanes of at least 4 members (excludes halogenated alkanes) is 2. The van der Waals surface area contributed by atoms with Gasteiger partial charge in [-0.15, -0.1) is 0 Å². The molecule has 0 bridgehead atoms. The number of nitrogens with two attached hydrogens (primary N) is 1. The Bertz CT molecular complexity index is 846. The minimum Gasteiger partial charge on any atom is -0.394 e. The average molecular weight is 418 g/mol. The van der Waals surface area contributed by atoms with Gasteiger partial charge in [-0.3, -0.25) is 9.36 Å². The molecule has 2 heterocycles. The molecular weight excluding hydrogens is 397 g/mol. The van der Waals surface area contributed by atoms with Crippen molar-refractivity contribution in [2.24, 2.45) is 0 Å². The fourth-order valence-corrected chi connectivity index (χ4v) is 2.66. The number of nitrogens with one attached hydrogen (secondary N) is 1. The van der Waals surface area contributed by atoms with Crippen molar-refractivity contribution < 1.29 is 32.9 Å². The highest BCUT2D eigenvalue weighted by molar-refractivity contribution is 5.81. The summed E-state index contributed by atoms with van der Waals surface area (Å²) in [7, 11) is 0. The first kappa shape index (κ1) is 22.7. The number of halogens is 3. The van der Waals surface area contributed by atoms with E-state index >= 15 is 0 Å². The molecule has 0 radical (unpaired) electrons. The minimum absolute atomic E-state index is 0.109. The van der Waals surface area contributed by atoms with Crippen LogP contribution in [0.15, 0.2) is 11.0 Å². The molecule has 0 aliphatic carbocycles. The van der Waals surface area contributed by atoms with Crippen LogP contribution < -0.4 is 16.7 Å². The SMILES string of the molecule is Nc1nc(=O)n([C@@H]2O[C@H](CO)C[C@H]2O)cc1C#CCCCCNC(=O)C(F)(F)F. The van der Waals surface area contributed by atoms with E-state index in [0.717, 1.165) is 4.57 Å². The van der Waals surface area contributed by atoms with E-state index in [0.29, 0.717) is 19.3 Å². The number of aromatic nitrogens is 2. The Morgan fingerprint density at radius 3 is 2.79 bits per heavy atom. The van der Waals surface area contributed by atoms with Gasteiger partial charge < -0.3 is 26.0 Å². The lowest BCUT2D eigenvalue weighted by atomic mass is 10.2. The number of carbonyl (C=O) groups is 1. The first-order valence-corrected chi connectivity index (χ1v) is 8.80. The fourth-order valence-electron chi connectivity index (χ4n) is 2.66. The number of rotatable bonds is 6. The first-order chi connectivity index (χ1) is 13.6. The Hall–Kier alpha value is -2.62. The summed E-state index contributed by atoms with van der Waals surface area (Å²) in [5.41, 5.74) is 5.17. The number of aliphatic hydroxyl groups is 2. The molecule has 2 rings (SSSR count). The molecule has 29 heavy (non-hydrogen) atoms. The standard InChI is InChI=1S/C17H21F3N4O5/c18-17(19,20)15(27)22-6-4-2-1-3-5-10-8-24(16(28)23-13(10)21)14-12(26)7-11(9-25)29-14/h8,11-12,14,25-26H,1-2,4,6-7,9H2,(H,22,27)(H2,21,23,28)/t11-,12+,14+/m0/s1. The Morgan fingerprint density at radius 2 is 2.17 bits per heavy atom. The predicted molar refractivity (Wildman–Crippen MR) is 94.3 cm³/mol. The Balaban J connectivity index is 1.93. The molecular formula is C17H21F3N4O5. The Kier molecular flexibility index (Phi) is 7.60. The van der Waals surface area contributed by atoms with Crippen LogP contribution in [0.5, 0.6) is 0 Å². The van der Waals surface area contributed by atoms with Gasteiger partial charge in [-0.05, 0) is 12.8 Å². The minimum atomic E-state index is -4.90. The number of amides is 1. The number of carbonyl (C=O) groups excluding carboxylic acids is 1. The maximum Gasteiger partial charge on any atom is 0.471 e. The Morgan fingerprint density at radius 1 is 1.45 bits per heavy atom. The average Bonchev–Trinajstić information content (AvgIpc) is 3.02. The monoisotopic (exact) mass is 418 g/mol. The van der Waals surface area contributed by atoms with Crippen molar-refractivity contribution in [3.8, 4) is 11.8 Å². The highest BCUT2D eigenvalue weighted by atomic mass is 19.4. The number of aliphatic hydroxyl groups excluding tert-OH is 2. The smallest absolute Gasteiger partial charge is 0.394 e. The summed E-state index contributed by atoms with van der Waals surface area (Å²) >= 11 is 0. The van der Waals surface area contributed by atoms with Gasteiger partial charge in [-0.2, -0.15) is 18.2 Å². The number of hydrogen-bond donors (Lipinski definition) is 4. The Labute approximate surface area is 163 Å². The van der Waals surface area contributed by atoms with E-state index in [1.165, 1.54) is 6.20 Å². The van der Waals surface area contributed by atoms with Crippen molar-refractivity contribution in [2.45, 2.75) is 50.3 Å². The van der Waals surface area contributed by atoms with Gasteiger partial charge in [-0.25, -0.2) is 4.79 Å². The molecule has 9 nitrogen and oxygen atoms in total. The molecule has 1 aliphatic heterocycles. The quantitative estimate of drug-likeness (QED) is 0.366. The van der Waals surface area contributed by atoms with Crippen LogP contribution in [0.1, 0.15) is 37.5 Å². The molecule has 3 atom stereocenters. The number of ether oxygens (including phenoxy) is 1. The highest BCUT2D eigenvalue weighted by Gasteiger charge is 2.38.